The van der Waals surface area contributed by atoms with Gasteiger partial charge in [-0.3, -0.25) is 9.59 Å². The van der Waals surface area contributed by atoms with E-state index in [9.17, 15) is 9.59 Å². The molecule has 0 aliphatic carbocycles. The first-order valence-corrected chi connectivity index (χ1v) is 3.56. The van der Waals surface area contributed by atoms with Crippen molar-refractivity contribution < 1.29 is 19.8 Å². The van der Waals surface area contributed by atoms with E-state index in [1.165, 1.54) is 0 Å². The Morgan fingerprint density at radius 1 is 0.769 bits per heavy atom. The minimum absolute atomic E-state index is 0. The lowest BCUT2D eigenvalue weighted by Gasteiger charge is -1.94. The fraction of sp³-hybridized carbons (Fsp3) is 0.714. The van der Waals surface area contributed by atoms with E-state index in [-0.39, 0.29) is 25.1 Å². The molecule has 0 atom stereocenters. The van der Waals surface area contributed by atoms with Gasteiger partial charge in [0.1, 0.15) is 0 Å². The van der Waals surface area contributed by atoms with Crippen LogP contribution in [0.3, 0.4) is 0 Å². The standard InChI is InChI=1S/C7H12O4.2H3N/c8-6(9)4-2-1-3-5-7(10)11;;/h1-5H2,(H,8,9)(H,10,11);2*1H3. The maximum atomic E-state index is 9.98. The molecule has 0 aromatic carbocycles. The van der Waals surface area contributed by atoms with Crippen molar-refractivity contribution in [2.24, 2.45) is 0 Å². The average molecular weight is 194 g/mol. The van der Waals surface area contributed by atoms with E-state index in [0.717, 1.165) is 0 Å². The zero-order valence-electron chi connectivity index (χ0n) is 7.66. The molecular formula is C7H18N2O4. The molecule has 6 nitrogen and oxygen atoms in total. The van der Waals surface area contributed by atoms with Crippen LogP contribution in [0.25, 0.3) is 0 Å². The highest BCUT2D eigenvalue weighted by Crippen LogP contribution is 2.02. The Morgan fingerprint density at radius 3 is 1.31 bits per heavy atom. The number of hydrogen-bond acceptors (Lipinski definition) is 4. The summed E-state index contributed by atoms with van der Waals surface area (Å²) in [5.74, 6) is -1.64. The summed E-state index contributed by atoms with van der Waals surface area (Å²) in [6.45, 7) is 0. The van der Waals surface area contributed by atoms with E-state index in [1.807, 2.05) is 0 Å². The lowest BCUT2D eigenvalue weighted by atomic mass is 10.1. The zero-order valence-corrected chi connectivity index (χ0v) is 7.66. The van der Waals surface area contributed by atoms with Crippen LogP contribution in [0.4, 0.5) is 0 Å². The van der Waals surface area contributed by atoms with Gasteiger partial charge >= 0.3 is 11.9 Å². The molecule has 0 saturated heterocycles. The Labute approximate surface area is 77.1 Å². The average Bonchev–Trinajstić information content (AvgIpc) is 1.85. The number of rotatable bonds is 6. The molecule has 0 aromatic rings. The summed E-state index contributed by atoms with van der Waals surface area (Å²) in [7, 11) is 0. The van der Waals surface area contributed by atoms with E-state index in [1.54, 1.807) is 0 Å². The second-order valence-electron chi connectivity index (χ2n) is 2.35. The van der Waals surface area contributed by atoms with Crippen molar-refractivity contribution in [1.82, 2.24) is 12.3 Å². The Hall–Kier alpha value is -1.14. The Balaban J connectivity index is -0.000000500. The van der Waals surface area contributed by atoms with Crippen LogP contribution in [0.15, 0.2) is 0 Å². The molecule has 6 heteroatoms. The van der Waals surface area contributed by atoms with Gasteiger partial charge in [0, 0.05) is 12.8 Å². The van der Waals surface area contributed by atoms with Gasteiger partial charge in [0.2, 0.25) is 0 Å². The topological polar surface area (TPSA) is 145 Å². The van der Waals surface area contributed by atoms with Crippen LogP contribution in [0.2, 0.25) is 0 Å². The SMILES string of the molecule is N.N.O=C(O)CCCCCC(=O)O. The molecule has 0 heterocycles. The van der Waals surface area contributed by atoms with Gasteiger partial charge in [-0.2, -0.15) is 0 Å². The Kier molecular flexibility index (Phi) is 14.9. The van der Waals surface area contributed by atoms with Crippen molar-refractivity contribution in [2.45, 2.75) is 32.1 Å². The quantitative estimate of drug-likeness (QED) is 0.470. The monoisotopic (exact) mass is 194 g/mol. The molecule has 0 fully saturated rings. The van der Waals surface area contributed by atoms with E-state index in [2.05, 4.69) is 0 Å². The fourth-order valence-electron chi connectivity index (χ4n) is 0.729. The third-order valence-corrected chi connectivity index (χ3v) is 1.28. The summed E-state index contributed by atoms with van der Waals surface area (Å²) in [5.41, 5.74) is 0. The molecule has 0 aliphatic heterocycles. The summed E-state index contributed by atoms with van der Waals surface area (Å²) < 4.78 is 0. The second kappa shape index (κ2) is 10.9. The van der Waals surface area contributed by atoms with Crippen LogP contribution < -0.4 is 12.3 Å². The molecule has 80 valence electrons. The summed E-state index contributed by atoms with van der Waals surface area (Å²) >= 11 is 0. The second-order valence-corrected chi connectivity index (χ2v) is 2.35. The van der Waals surface area contributed by atoms with Crippen molar-refractivity contribution in [3.05, 3.63) is 0 Å². The number of unbranched alkanes of at least 4 members (excludes halogenated alkanes) is 2. The summed E-state index contributed by atoms with van der Waals surface area (Å²) in [5, 5.41) is 16.4. The van der Waals surface area contributed by atoms with Gasteiger partial charge in [0.25, 0.3) is 0 Å². The van der Waals surface area contributed by atoms with Crippen LogP contribution in [0, 0.1) is 0 Å². The molecule has 0 spiro atoms. The number of aliphatic carboxylic acids is 2. The van der Waals surface area contributed by atoms with Crippen molar-refractivity contribution >= 4 is 11.9 Å². The zero-order chi connectivity index (χ0) is 8.69. The molecule has 0 radical (unpaired) electrons. The number of carbonyl (C=O) groups is 2. The highest BCUT2D eigenvalue weighted by molar-refractivity contribution is 5.67. The number of carboxylic acid groups (broad SMARTS) is 2. The van der Waals surface area contributed by atoms with Crippen molar-refractivity contribution in [1.29, 1.82) is 0 Å². The van der Waals surface area contributed by atoms with Crippen LogP contribution in [-0.2, 0) is 9.59 Å². The van der Waals surface area contributed by atoms with Crippen LogP contribution in [0.5, 0.6) is 0 Å². The fourth-order valence-corrected chi connectivity index (χ4v) is 0.729. The smallest absolute Gasteiger partial charge is 0.303 e. The molecule has 0 bridgehead atoms. The van der Waals surface area contributed by atoms with Crippen LogP contribution in [0.1, 0.15) is 32.1 Å². The van der Waals surface area contributed by atoms with E-state index < -0.39 is 11.9 Å². The summed E-state index contributed by atoms with van der Waals surface area (Å²) in [4.78, 5) is 20.0. The Bertz CT molecular complexity index is 133. The molecule has 0 aromatic heterocycles. The first kappa shape index (κ1) is 17.8. The maximum Gasteiger partial charge on any atom is 0.303 e. The van der Waals surface area contributed by atoms with E-state index >= 15 is 0 Å². The molecule has 8 N–H and O–H groups in total. The maximum absolute atomic E-state index is 9.98. The predicted molar refractivity (Wildman–Crippen MR) is 48.4 cm³/mol. The van der Waals surface area contributed by atoms with Gasteiger partial charge in [-0.05, 0) is 12.8 Å². The van der Waals surface area contributed by atoms with Gasteiger partial charge in [-0.25, -0.2) is 0 Å². The third-order valence-electron chi connectivity index (χ3n) is 1.28. The minimum Gasteiger partial charge on any atom is -0.481 e. The molecular weight excluding hydrogens is 176 g/mol. The highest BCUT2D eigenvalue weighted by Gasteiger charge is 1.98. The van der Waals surface area contributed by atoms with Crippen molar-refractivity contribution in [2.75, 3.05) is 0 Å². The van der Waals surface area contributed by atoms with Crippen LogP contribution in [-0.4, -0.2) is 22.2 Å². The van der Waals surface area contributed by atoms with Crippen molar-refractivity contribution in [3.8, 4) is 0 Å². The molecule has 0 amide bonds. The normalized spacial score (nSPS) is 8.00. The summed E-state index contributed by atoms with van der Waals surface area (Å²) in [6.07, 6.45) is 2.10. The lowest BCUT2D eigenvalue weighted by molar-refractivity contribution is -0.137. The van der Waals surface area contributed by atoms with Crippen LogP contribution >= 0.6 is 0 Å². The molecule has 0 rings (SSSR count). The van der Waals surface area contributed by atoms with Gasteiger partial charge in [0.15, 0.2) is 0 Å². The molecule has 0 saturated carbocycles. The predicted octanol–water partition coefficient (Wildman–Crippen LogP) is 1.43. The minimum atomic E-state index is -0.819. The van der Waals surface area contributed by atoms with Gasteiger partial charge in [-0.15, -0.1) is 0 Å². The molecule has 0 aliphatic rings. The first-order chi connectivity index (χ1) is 5.13. The Morgan fingerprint density at radius 2 is 1.08 bits per heavy atom. The lowest BCUT2D eigenvalue weighted by Crippen LogP contribution is -1.96. The number of hydrogen-bond donors (Lipinski definition) is 4. The van der Waals surface area contributed by atoms with Gasteiger partial charge in [0.05, 0.1) is 0 Å². The van der Waals surface area contributed by atoms with Crippen molar-refractivity contribution in [3.63, 3.8) is 0 Å². The first-order valence-electron chi connectivity index (χ1n) is 3.56. The molecule has 13 heavy (non-hydrogen) atoms. The molecule has 0 unspecified atom stereocenters. The third kappa shape index (κ3) is 18.1. The highest BCUT2D eigenvalue weighted by atomic mass is 16.4. The van der Waals surface area contributed by atoms with E-state index in [4.69, 9.17) is 10.2 Å². The van der Waals surface area contributed by atoms with E-state index in [0.29, 0.717) is 19.3 Å². The largest absolute Gasteiger partial charge is 0.481 e. The number of carboxylic acids is 2. The van der Waals surface area contributed by atoms with Gasteiger partial charge < -0.3 is 22.5 Å². The summed E-state index contributed by atoms with van der Waals surface area (Å²) in [6, 6.07) is 0. The van der Waals surface area contributed by atoms with Gasteiger partial charge in [-0.1, -0.05) is 6.42 Å².